The minimum atomic E-state index is 0.549. The molecule has 1 aliphatic rings. The second-order valence-corrected chi connectivity index (χ2v) is 5.98. The molecule has 21 heavy (non-hydrogen) atoms. The van der Waals surface area contributed by atoms with Crippen molar-refractivity contribution in [3.63, 3.8) is 0 Å². The van der Waals surface area contributed by atoms with Crippen LogP contribution in [-0.4, -0.2) is 28.8 Å². The van der Waals surface area contributed by atoms with Gasteiger partial charge in [0.1, 0.15) is 0 Å². The van der Waals surface area contributed by atoms with E-state index in [1.165, 1.54) is 36.9 Å². The molecule has 0 saturated carbocycles. The Hall–Kier alpha value is -1.65. The lowest BCUT2D eigenvalue weighted by atomic mass is 10.1. The fourth-order valence-corrected chi connectivity index (χ4v) is 2.98. The molecule has 0 amide bonds. The Balaban J connectivity index is 1.48. The maximum Gasteiger partial charge on any atom is 0.0650 e. The molecule has 4 nitrogen and oxygen atoms in total. The summed E-state index contributed by atoms with van der Waals surface area (Å²) in [4.78, 5) is 0. The van der Waals surface area contributed by atoms with Crippen LogP contribution in [0, 0.1) is 0 Å². The van der Waals surface area contributed by atoms with Gasteiger partial charge >= 0.3 is 0 Å². The van der Waals surface area contributed by atoms with E-state index in [2.05, 4.69) is 52.0 Å². The highest BCUT2D eigenvalue weighted by Crippen LogP contribution is 2.17. The summed E-state index contributed by atoms with van der Waals surface area (Å²) in [5.41, 5.74) is 3.57. The third-order valence-electron chi connectivity index (χ3n) is 4.22. The van der Waals surface area contributed by atoms with Gasteiger partial charge in [0.2, 0.25) is 0 Å². The van der Waals surface area contributed by atoms with E-state index in [-0.39, 0.29) is 0 Å². The Labute approximate surface area is 126 Å². The molecule has 1 aliphatic heterocycles. The van der Waals surface area contributed by atoms with Crippen molar-refractivity contribution >= 4 is 0 Å². The molecule has 1 aromatic heterocycles. The van der Waals surface area contributed by atoms with E-state index in [0.717, 1.165) is 12.2 Å². The lowest BCUT2D eigenvalue weighted by molar-refractivity contribution is 0.440. The van der Waals surface area contributed by atoms with Gasteiger partial charge in [-0.3, -0.25) is 5.10 Å². The van der Waals surface area contributed by atoms with E-state index < -0.39 is 0 Å². The summed E-state index contributed by atoms with van der Waals surface area (Å²) in [7, 11) is 0. The fraction of sp³-hybridized carbons (Fsp3) is 0.471. The normalized spacial score (nSPS) is 19.8. The third kappa shape index (κ3) is 3.93. The first-order valence-corrected chi connectivity index (χ1v) is 7.87. The number of rotatable bonds is 6. The highest BCUT2D eigenvalue weighted by atomic mass is 15.1. The second kappa shape index (κ2) is 6.87. The van der Waals surface area contributed by atoms with Crippen molar-refractivity contribution in [1.82, 2.24) is 20.8 Å². The summed E-state index contributed by atoms with van der Waals surface area (Å²) >= 11 is 0. The lowest BCUT2D eigenvalue weighted by Gasteiger charge is -2.18. The van der Waals surface area contributed by atoms with E-state index in [1.807, 2.05) is 6.07 Å². The predicted octanol–water partition coefficient (Wildman–Crippen LogP) is 2.70. The first-order valence-electron chi connectivity index (χ1n) is 7.87. The molecule has 2 unspecified atom stereocenters. The van der Waals surface area contributed by atoms with Crippen molar-refractivity contribution in [2.75, 3.05) is 6.54 Å². The maximum absolute atomic E-state index is 3.99. The molecular weight excluding hydrogens is 260 g/mol. The van der Waals surface area contributed by atoms with Gasteiger partial charge in [-0.15, -0.1) is 0 Å². The van der Waals surface area contributed by atoms with Crippen LogP contribution in [0.3, 0.4) is 0 Å². The van der Waals surface area contributed by atoms with Crippen molar-refractivity contribution in [3.05, 3.63) is 42.1 Å². The lowest BCUT2D eigenvalue weighted by Crippen LogP contribution is -2.33. The van der Waals surface area contributed by atoms with Crippen LogP contribution >= 0.6 is 0 Å². The topological polar surface area (TPSA) is 52.7 Å². The summed E-state index contributed by atoms with van der Waals surface area (Å²) in [6.07, 6.45) is 5.65. The van der Waals surface area contributed by atoms with Gasteiger partial charge in [0.15, 0.2) is 0 Å². The Kier molecular flexibility index (Phi) is 4.68. The molecule has 1 saturated heterocycles. The van der Waals surface area contributed by atoms with Crippen molar-refractivity contribution in [1.29, 1.82) is 0 Å². The molecule has 4 heteroatoms. The van der Waals surface area contributed by atoms with Crippen LogP contribution in [0.15, 0.2) is 36.5 Å². The number of hydrogen-bond acceptors (Lipinski definition) is 3. The molecular formula is C17H24N4. The zero-order valence-corrected chi connectivity index (χ0v) is 12.6. The van der Waals surface area contributed by atoms with E-state index in [1.54, 1.807) is 6.20 Å². The number of H-pyrrole nitrogens is 1. The molecule has 3 N–H and O–H groups in total. The number of hydrogen-bond donors (Lipinski definition) is 3. The molecule has 3 rings (SSSR count). The third-order valence-corrected chi connectivity index (χ3v) is 4.22. The van der Waals surface area contributed by atoms with Gasteiger partial charge in [0.25, 0.3) is 0 Å². The highest BCUT2D eigenvalue weighted by molar-refractivity contribution is 5.58. The van der Waals surface area contributed by atoms with E-state index in [9.17, 15) is 0 Å². The molecule has 2 atom stereocenters. The van der Waals surface area contributed by atoms with E-state index >= 15 is 0 Å². The van der Waals surface area contributed by atoms with Crippen LogP contribution in [0.1, 0.15) is 31.7 Å². The number of aromatic nitrogens is 2. The zero-order chi connectivity index (χ0) is 14.5. The minimum absolute atomic E-state index is 0.549. The van der Waals surface area contributed by atoms with Gasteiger partial charge in [0.05, 0.1) is 5.69 Å². The molecule has 112 valence electrons. The molecule has 0 radical (unpaired) electrons. The van der Waals surface area contributed by atoms with E-state index in [4.69, 9.17) is 0 Å². The second-order valence-electron chi connectivity index (χ2n) is 5.98. The van der Waals surface area contributed by atoms with Gasteiger partial charge in [-0.1, -0.05) is 24.3 Å². The van der Waals surface area contributed by atoms with Crippen LogP contribution < -0.4 is 10.6 Å². The van der Waals surface area contributed by atoms with Crippen molar-refractivity contribution < 1.29 is 0 Å². The average Bonchev–Trinajstić information content (AvgIpc) is 3.19. The largest absolute Gasteiger partial charge is 0.314 e. The van der Waals surface area contributed by atoms with Crippen LogP contribution in [0.4, 0.5) is 0 Å². The molecule has 2 heterocycles. The van der Waals surface area contributed by atoms with Gasteiger partial charge in [-0.25, -0.2) is 0 Å². The van der Waals surface area contributed by atoms with Gasteiger partial charge in [0, 0.05) is 24.8 Å². The predicted molar refractivity (Wildman–Crippen MR) is 86.0 cm³/mol. The van der Waals surface area contributed by atoms with Gasteiger partial charge in [-0.05, 0) is 49.9 Å². The maximum atomic E-state index is 3.99. The first-order chi connectivity index (χ1) is 10.3. The van der Waals surface area contributed by atoms with Crippen LogP contribution in [0.2, 0.25) is 0 Å². The molecule has 0 bridgehead atoms. The number of nitrogens with one attached hydrogen (secondary N) is 3. The number of aromatic amines is 1. The fourth-order valence-electron chi connectivity index (χ4n) is 2.98. The quantitative estimate of drug-likeness (QED) is 0.764. The molecule has 1 aromatic carbocycles. The molecule has 1 fully saturated rings. The smallest absolute Gasteiger partial charge is 0.0650 e. The summed E-state index contributed by atoms with van der Waals surface area (Å²) < 4.78 is 0. The van der Waals surface area contributed by atoms with Crippen LogP contribution in [0.25, 0.3) is 11.3 Å². The van der Waals surface area contributed by atoms with Crippen molar-refractivity contribution in [3.8, 4) is 11.3 Å². The Morgan fingerprint density at radius 2 is 2.14 bits per heavy atom. The Bertz CT molecular complexity index is 526. The average molecular weight is 284 g/mol. The Morgan fingerprint density at radius 3 is 2.81 bits per heavy atom. The van der Waals surface area contributed by atoms with Crippen molar-refractivity contribution in [2.45, 2.75) is 44.8 Å². The standard InChI is InChI=1S/C17H24N4/c1-13(11-16-3-2-9-18-16)19-12-14-4-6-15(7-5-14)17-8-10-20-21-17/h4-8,10,13,16,18-19H,2-3,9,11-12H2,1H3,(H,20,21). The van der Waals surface area contributed by atoms with E-state index in [0.29, 0.717) is 12.1 Å². The number of nitrogens with zero attached hydrogens (tertiary/aromatic N) is 1. The first kappa shape index (κ1) is 14.3. The molecule has 0 spiro atoms. The number of benzene rings is 1. The van der Waals surface area contributed by atoms with Crippen LogP contribution in [-0.2, 0) is 6.54 Å². The van der Waals surface area contributed by atoms with Crippen molar-refractivity contribution in [2.24, 2.45) is 0 Å². The van der Waals surface area contributed by atoms with Gasteiger partial charge < -0.3 is 10.6 Å². The monoisotopic (exact) mass is 284 g/mol. The van der Waals surface area contributed by atoms with Gasteiger partial charge in [-0.2, -0.15) is 5.10 Å². The summed E-state index contributed by atoms with van der Waals surface area (Å²) in [5, 5.41) is 14.2. The minimum Gasteiger partial charge on any atom is -0.314 e. The summed E-state index contributed by atoms with van der Waals surface area (Å²) in [6, 6.07) is 11.9. The highest BCUT2D eigenvalue weighted by Gasteiger charge is 2.16. The SMILES string of the molecule is CC(CC1CCCN1)NCc1ccc(-c2ccn[nH]2)cc1. The molecule has 2 aromatic rings. The summed E-state index contributed by atoms with van der Waals surface area (Å²) in [5.74, 6) is 0. The molecule has 0 aliphatic carbocycles. The summed E-state index contributed by atoms with van der Waals surface area (Å²) in [6.45, 7) is 4.39. The van der Waals surface area contributed by atoms with Crippen LogP contribution in [0.5, 0.6) is 0 Å². The Morgan fingerprint density at radius 1 is 1.29 bits per heavy atom. The zero-order valence-electron chi connectivity index (χ0n) is 12.6.